The minimum absolute atomic E-state index is 0.0401. The molecule has 0 bridgehead atoms. The van der Waals surface area contributed by atoms with Gasteiger partial charge in [0.2, 0.25) is 0 Å². The number of benzene rings is 1. The van der Waals surface area contributed by atoms with E-state index in [1.165, 1.54) is 11.4 Å². The molecule has 0 saturated carbocycles. The number of amides is 1. The van der Waals surface area contributed by atoms with Crippen LogP contribution < -0.4 is 10.6 Å². The van der Waals surface area contributed by atoms with E-state index in [0.717, 1.165) is 39.2 Å². The fourth-order valence-electron chi connectivity index (χ4n) is 4.72. The van der Waals surface area contributed by atoms with Crippen molar-refractivity contribution in [3.8, 4) is 11.1 Å². The van der Waals surface area contributed by atoms with E-state index in [4.69, 9.17) is 0 Å². The molecule has 1 aromatic carbocycles. The normalized spacial score (nSPS) is 15.5. The van der Waals surface area contributed by atoms with Crippen LogP contribution in [0.1, 0.15) is 18.4 Å². The Balaban J connectivity index is 1.22. The highest BCUT2D eigenvalue weighted by atomic mass is 32.2. The van der Waals surface area contributed by atoms with Crippen LogP contribution in [0.4, 0.5) is 15.7 Å². The summed E-state index contributed by atoms with van der Waals surface area (Å²) in [5, 5.41) is 7.03. The Labute approximate surface area is 242 Å². The van der Waals surface area contributed by atoms with Crippen LogP contribution in [0.2, 0.25) is 0 Å². The largest absolute Gasteiger partial charge is 0.453 e. The smallest absolute Gasteiger partial charge is 0.413 e. The number of piperazine rings is 1. The maximum atomic E-state index is 13.3. The summed E-state index contributed by atoms with van der Waals surface area (Å²) in [6.45, 7) is 8.11. The minimum atomic E-state index is -3.74. The van der Waals surface area contributed by atoms with E-state index in [1.807, 2.05) is 25.1 Å². The van der Waals surface area contributed by atoms with E-state index < -0.39 is 16.1 Å². The molecule has 1 amide bonds. The number of carbonyl (C=O) groups is 1. The molecule has 0 unspecified atom stereocenters. The van der Waals surface area contributed by atoms with Gasteiger partial charge in [-0.25, -0.2) is 38.1 Å². The molecule has 15 heteroatoms. The van der Waals surface area contributed by atoms with E-state index in [-0.39, 0.29) is 15.4 Å². The molecule has 41 heavy (non-hydrogen) atoms. The van der Waals surface area contributed by atoms with Crippen LogP contribution in [0.3, 0.4) is 0 Å². The van der Waals surface area contributed by atoms with Gasteiger partial charge in [-0.1, -0.05) is 23.5 Å². The Morgan fingerprint density at radius 3 is 2.54 bits per heavy atom. The maximum absolute atomic E-state index is 13.3. The van der Waals surface area contributed by atoms with Gasteiger partial charge in [-0.15, -0.1) is 0 Å². The lowest BCUT2D eigenvalue weighted by Gasteiger charge is -2.35. The Morgan fingerprint density at radius 2 is 1.83 bits per heavy atom. The Hall–Kier alpha value is -3.79. The number of ether oxygens (including phenoxy) is 1. The van der Waals surface area contributed by atoms with Gasteiger partial charge in [0.15, 0.2) is 9.34 Å². The number of aryl methyl sites for hydroxylation is 2. The zero-order valence-electron chi connectivity index (χ0n) is 23.2. The lowest BCUT2D eigenvalue weighted by molar-refractivity contribution is 0.184. The zero-order chi connectivity index (χ0) is 29.1. The second-order valence-electron chi connectivity index (χ2n) is 9.70. The summed E-state index contributed by atoms with van der Waals surface area (Å²) in [4.78, 5) is 35.6. The quantitative estimate of drug-likeness (QED) is 0.308. The van der Waals surface area contributed by atoms with Crippen molar-refractivity contribution >= 4 is 49.3 Å². The molecule has 2 N–H and O–H groups in total. The number of para-hydroxylation sites is 1. The van der Waals surface area contributed by atoms with Crippen LogP contribution in [0.5, 0.6) is 0 Å². The summed E-state index contributed by atoms with van der Waals surface area (Å²) < 4.78 is 32.8. The average Bonchev–Trinajstić information content (AvgIpc) is 3.34. The number of hydrogen-bond acceptors (Lipinski definition) is 12. The molecule has 0 spiro atoms. The van der Waals surface area contributed by atoms with Gasteiger partial charge in [-0.05, 0) is 26.8 Å². The van der Waals surface area contributed by atoms with Crippen LogP contribution in [-0.4, -0.2) is 94.5 Å². The fourth-order valence-corrected chi connectivity index (χ4v) is 7.67. The molecule has 4 aromatic rings. The summed E-state index contributed by atoms with van der Waals surface area (Å²) >= 11 is 0.922. The van der Waals surface area contributed by atoms with Gasteiger partial charge in [0.05, 0.1) is 18.3 Å². The highest BCUT2D eigenvalue weighted by molar-refractivity contribution is 7.91. The van der Waals surface area contributed by atoms with Gasteiger partial charge < -0.3 is 10.1 Å². The van der Waals surface area contributed by atoms with Crippen molar-refractivity contribution in [1.29, 1.82) is 0 Å². The molecule has 5 rings (SSSR count). The first kappa shape index (κ1) is 28.7. The van der Waals surface area contributed by atoms with Gasteiger partial charge in [-0.2, -0.15) is 4.31 Å². The number of aromatic nitrogens is 5. The second kappa shape index (κ2) is 12.0. The Bertz CT molecular complexity index is 1650. The average molecular weight is 598 g/mol. The molecule has 0 aliphatic carbocycles. The first-order chi connectivity index (χ1) is 19.7. The molecule has 1 aliphatic rings. The number of thiazole rings is 1. The predicted octanol–water partition coefficient (Wildman–Crippen LogP) is 3.15. The molecular formula is C26H31N9O4S2. The lowest BCUT2D eigenvalue weighted by atomic mass is 10.0. The number of nitrogens with zero attached hydrogens (tertiary/aromatic N) is 7. The van der Waals surface area contributed by atoms with Crippen LogP contribution in [-0.2, 0) is 14.8 Å². The number of anilines is 2. The summed E-state index contributed by atoms with van der Waals surface area (Å²) in [5.41, 5.74) is 2.97. The van der Waals surface area contributed by atoms with E-state index in [9.17, 15) is 13.2 Å². The maximum Gasteiger partial charge on any atom is 0.413 e. The molecule has 216 valence electrons. The fraction of sp³-hybridized carbons (Fsp3) is 0.385. The zero-order valence-corrected chi connectivity index (χ0v) is 24.8. The van der Waals surface area contributed by atoms with E-state index >= 15 is 0 Å². The second-order valence-corrected chi connectivity index (χ2v) is 12.8. The van der Waals surface area contributed by atoms with E-state index in [0.29, 0.717) is 44.2 Å². The molecule has 1 aliphatic heterocycles. The summed E-state index contributed by atoms with van der Waals surface area (Å²) in [5.74, 6) is 1.44. The molecule has 0 radical (unpaired) electrons. The molecule has 1 fully saturated rings. The van der Waals surface area contributed by atoms with Crippen LogP contribution in [0.25, 0.3) is 22.0 Å². The van der Waals surface area contributed by atoms with Crippen molar-refractivity contribution in [3.05, 3.63) is 48.4 Å². The van der Waals surface area contributed by atoms with Crippen molar-refractivity contribution in [2.45, 2.75) is 31.0 Å². The first-order valence-electron chi connectivity index (χ1n) is 13.0. The summed E-state index contributed by atoms with van der Waals surface area (Å²) in [7, 11) is -2.51. The predicted molar refractivity (Wildman–Crippen MR) is 156 cm³/mol. The number of nitrogens with one attached hydrogen (secondary N) is 2. The molecular weight excluding hydrogens is 566 g/mol. The standard InChI is InChI=1S/C26H31N9O4S2/c1-16(31-23-21-7-5-6-20(22(21)29-15-30-23)19-12-27-18(3)28-13-19)14-34-8-10-35(11-9-34)41(37,38)24-17(2)32-25(40-24)33-26(36)39-4/h5-7,12-13,15-16H,8-11,14H2,1-4H3,(H,29,30,31)(H,32,33,36)/t16-/m0/s1. The van der Waals surface area contributed by atoms with Crippen LogP contribution in [0, 0.1) is 13.8 Å². The van der Waals surface area contributed by atoms with Crippen molar-refractivity contribution in [3.63, 3.8) is 0 Å². The highest BCUT2D eigenvalue weighted by Crippen LogP contribution is 2.31. The monoisotopic (exact) mass is 597 g/mol. The Kier molecular flexibility index (Phi) is 8.40. The van der Waals surface area contributed by atoms with E-state index in [2.05, 4.69) is 52.1 Å². The Morgan fingerprint density at radius 1 is 1.10 bits per heavy atom. The van der Waals surface area contributed by atoms with Gasteiger partial charge in [-0.3, -0.25) is 10.2 Å². The third-order valence-electron chi connectivity index (χ3n) is 6.73. The van der Waals surface area contributed by atoms with Gasteiger partial charge in [0, 0.05) is 67.7 Å². The number of methoxy groups -OCH3 is 1. The molecule has 1 atom stereocenters. The van der Waals surface area contributed by atoms with Crippen molar-refractivity contribution < 1.29 is 17.9 Å². The number of carbonyl (C=O) groups excluding carboxylic acids is 1. The van der Waals surface area contributed by atoms with Crippen molar-refractivity contribution in [1.82, 2.24) is 34.1 Å². The minimum Gasteiger partial charge on any atom is -0.453 e. The number of hydrogen-bond donors (Lipinski definition) is 2. The van der Waals surface area contributed by atoms with E-state index in [1.54, 1.807) is 25.6 Å². The third-order valence-corrected chi connectivity index (χ3v) is 10.3. The molecule has 3 aromatic heterocycles. The number of fused-ring (bicyclic) bond motifs is 1. The summed E-state index contributed by atoms with van der Waals surface area (Å²) in [6, 6.07) is 5.99. The first-order valence-corrected chi connectivity index (χ1v) is 15.3. The van der Waals surface area contributed by atoms with Crippen molar-refractivity contribution in [2.24, 2.45) is 0 Å². The number of rotatable bonds is 8. The number of sulfonamides is 1. The third kappa shape index (κ3) is 6.27. The topological polar surface area (TPSA) is 155 Å². The van der Waals surface area contributed by atoms with Gasteiger partial charge in [0.25, 0.3) is 10.0 Å². The van der Waals surface area contributed by atoms with Crippen LogP contribution >= 0.6 is 11.3 Å². The summed E-state index contributed by atoms with van der Waals surface area (Å²) in [6.07, 6.45) is 4.44. The van der Waals surface area contributed by atoms with Gasteiger partial charge >= 0.3 is 6.09 Å². The van der Waals surface area contributed by atoms with Crippen molar-refractivity contribution in [2.75, 3.05) is 50.5 Å². The molecule has 4 heterocycles. The SMILES string of the molecule is COC(=O)Nc1nc(C)c(S(=O)(=O)N2CCN(C[C@H](C)Nc3ncnc4c(-c5cnc(C)nc5)cccc34)CC2)s1. The van der Waals surface area contributed by atoms with Crippen LogP contribution in [0.15, 0.2) is 41.1 Å². The highest BCUT2D eigenvalue weighted by Gasteiger charge is 2.32. The molecule has 13 nitrogen and oxygen atoms in total. The molecule has 1 saturated heterocycles. The lowest BCUT2D eigenvalue weighted by Crippen LogP contribution is -2.50. The van der Waals surface area contributed by atoms with Gasteiger partial charge in [0.1, 0.15) is 18.0 Å².